The molecule has 0 spiro atoms. The van der Waals surface area contributed by atoms with E-state index in [-0.39, 0.29) is 24.0 Å². The zero-order valence-corrected chi connectivity index (χ0v) is 22.2. The lowest BCUT2D eigenvalue weighted by Gasteiger charge is -2.23. The van der Waals surface area contributed by atoms with Crippen LogP contribution in [-0.4, -0.2) is 34.2 Å². The van der Waals surface area contributed by atoms with Crippen molar-refractivity contribution in [2.75, 3.05) is 6.54 Å². The fourth-order valence-electron chi connectivity index (χ4n) is 5.12. The summed E-state index contributed by atoms with van der Waals surface area (Å²) < 4.78 is 0. The second kappa shape index (κ2) is 12.8. The molecule has 0 fully saturated rings. The van der Waals surface area contributed by atoms with Gasteiger partial charge in [-0.25, -0.2) is 4.98 Å². The van der Waals surface area contributed by atoms with Crippen molar-refractivity contribution in [1.82, 2.24) is 15.3 Å². The first-order valence-corrected chi connectivity index (χ1v) is 13.8. The number of H-pyrrole nitrogens is 1. The van der Waals surface area contributed by atoms with Gasteiger partial charge in [-0.05, 0) is 66.1 Å². The molecule has 196 valence electrons. The van der Waals surface area contributed by atoms with E-state index in [4.69, 9.17) is 10.7 Å². The van der Waals surface area contributed by atoms with Crippen LogP contribution in [0.3, 0.4) is 0 Å². The molecule has 0 unspecified atom stereocenters. The fourth-order valence-corrected chi connectivity index (χ4v) is 5.12. The number of hydrogen-bond donors (Lipinski definition) is 3. The van der Waals surface area contributed by atoms with Gasteiger partial charge in [0.25, 0.3) is 0 Å². The number of amides is 1. The van der Waals surface area contributed by atoms with Crippen LogP contribution in [0.2, 0.25) is 0 Å². The van der Waals surface area contributed by atoms with Gasteiger partial charge in [0.15, 0.2) is 5.78 Å². The van der Waals surface area contributed by atoms with Gasteiger partial charge in [-0.2, -0.15) is 0 Å². The van der Waals surface area contributed by atoms with Crippen molar-refractivity contribution in [3.63, 3.8) is 0 Å². The number of Topliss-reactive ketones (excluding diaryl/α,β-unsaturated/α-hetero) is 1. The minimum absolute atomic E-state index is 0.0390. The Kier molecular flexibility index (Phi) is 9.29. The molecule has 0 saturated heterocycles. The molecular formula is C31H40N4O2. The maximum atomic E-state index is 13.3. The maximum absolute atomic E-state index is 13.3. The highest BCUT2D eigenvalue weighted by atomic mass is 16.2. The quantitative estimate of drug-likeness (QED) is 0.262. The number of rotatable bonds is 14. The third-order valence-corrected chi connectivity index (χ3v) is 7.50. The van der Waals surface area contributed by atoms with Crippen molar-refractivity contribution < 1.29 is 9.59 Å². The van der Waals surface area contributed by atoms with Crippen molar-refractivity contribution in [1.29, 1.82) is 0 Å². The number of nitrogens with one attached hydrogen (secondary N) is 2. The van der Waals surface area contributed by atoms with Gasteiger partial charge in [0.05, 0.1) is 17.1 Å². The van der Waals surface area contributed by atoms with Gasteiger partial charge < -0.3 is 16.0 Å². The summed E-state index contributed by atoms with van der Waals surface area (Å²) in [6, 6.07) is 14.0. The number of nitrogens with zero attached hydrogens (tertiary/aromatic N) is 1. The number of nitrogens with two attached hydrogens (primary N) is 1. The molecule has 1 amide bonds. The Morgan fingerprint density at radius 1 is 1.11 bits per heavy atom. The molecule has 37 heavy (non-hydrogen) atoms. The van der Waals surface area contributed by atoms with Crippen LogP contribution >= 0.6 is 0 Å². The number of imidazole rings is 1. The molecule has 1 aromatic heterocycles. The van der Waals surface area contributed by atoms with Gasteiger partial charge in [-0.1, -0.05) is 69.5 Å². The molecule has 3 aromatic rings. The molecule has 4 N–H and O–H groups in total. The Morgan fingerprint density at radius 3 is 2.73 bits per heavy atom. The number of aromatic amines is 1. The van der Waals surface area contributed by atoms with Crippen molar-refractivity contribution >= 4 is 28.3 Å². The molecule has 0 radical (unpaired) electrons. The first-order valence-electron chi connectivity index (χ1n) is 13.8. The molecule has 2 aromatic carbocycles. The third-order valence-electron chi connectivity index (χ3n) is 7.50. The molecule has 6 heteroatoms. The van der Waals surface area contributed by atoms with E-state index >= 15 is 0 Å². The molecule has 6 nitrogen and oxygen atoms in total. The molecular weight excluding hydrogens is 460 g/mol. The van der Waals surface area contributed by atoms with Crippen LogP contribution in [0.5, 0.6) is 0 Å². The van der Waals surface area contributed by atoms with Gasteiger partial charge in [0.2, 0.25) is 5.91 Å². The lowest BCUT2D eigenvalue weighted by molar-refractivity contribution is -0.128. The monoisotopic (exact) mass is 500 g/mol. The highest BCUT2D eigenvalue weighted by Gasteiger charge is 2.26. The number of allylic oxidation sites excluding steroid dienone is 2. The Labute approximate surface area is 220 Å². The van der Waals surface area contributed by atoms with E-state index in [9.17, 15) is 9.59 Å². The third kappa shape index (κ3) is 6.95. The summed E-state index contributed by atoms with van der Waals surface area (Å²) in [5.41, 5.74) is 12.3. The molecule has 1 aliphatic rings. The van der Waals surface area contributed by atoms with Crippen LogP contribution in [0.1, 0.15) is 74.9 Å². The number of aromatic nitrogens is 2. The minimum atomic E-state index is -0.469. The SMILES string of the molecule is CC[C@@H](C)[C@H](NC(=O)CCCCCCN)C(=O)Cc1ccc2nc(CC3=CCc4ccccc43)[nH]c2c1. The van der Waals surface area contributed by atoms with Crippen LogP contribution in [-0.2, 0) is 28.9 Å². The Balaban J connectivity index is 1.38. The predicted molar refractivity (Wildman–Crippen MR) is 150 cm³/mol. The van der Waals surface area contributed by atoms with Crippen LogP contribution in [0, 0.1) is 5.92 Å². The van der Waals surface area contributed by atoms with Gasteiger partial charge >= 0.3 is 0 Å². The average molecular weight is 501 g/mol. The predicted octanol–water partition coefficient (Wildman–Crippen LogP) is 5.30. The van der Waals surface area contributed by atoms with E-state index in [1.165, 1.54) is 16.7 Å². The Morgan fingerprint density at radius 2 is 1.92 bits per heavy atom. The number of fused-ring (bicyclic) bond motifs is 2. The highest BCUT2D eigenvalue weighted by Crippen LogP contribution is 2.30. The van der Waals surface area contributed by atoms with Gasteiger partial charge in [0.1, 0.15) is 5.82 Å². The number of carbonyl (C=O) groups excluding carboxylic acids is 2. The van der Waals surface area contributed by atoms with E-state index < -0.39 is 6.04 Å². The highest BCUT2D eigenvalue weighted by molar-refractivity contribution is 5.91. The lowest BCUT2D eigenvalue weighted by Crippen LogP contribution is -2.45. The van der Waals surface area contributed by atoms with E-state index in [0.29, 0.717) is 13.0 Å². The second-order valence-electron chi connectivity index (χ2n) is 10.3. The van der Waals surface area contributed by atoms with Crippen molar-refractivity contribution in [2.45, 2.75) is 77.7 Å². The molecule has 0 bridgehead atoms. The summed E-state index contributed by atoms with van der Waals surface area (Å²) in [7, 11) is 0. The van der Waals surface area contributed by atoms with Crippen molar-refractivity contribution in [3.8, 4) is 0 Å². The number of ketones is 1. The van der Waals surface area contributed by atoms with E-state index in [2.05, 4.69) is 47.6 Å². The first-order chi connectivity index (χ1) is 18.0. The Bertz CT molecular complexity index is 1260. The Hall–Kier alpha value is -3.25. The van der Waals surface area contributed by atoms with Crippen LogP contribution in [0.25, 0.3) is 16.6 Å². The van der Waals surface area contributed by atoms with Crippen LogP contribution in [0.15, 0.2) is 48.5 Å². The number of carbonyl (C=O) groups is 2. The lowest BCUT2D eigenvalue weighted by atomic mass is 9.91. The summed E-state index contributed by atoms with van der Waals surface area (Å²) >= 11 is 0. The topological polar surface area (TPSA) is 101 Å². The van der Waals surface area contributed by atoms with E-state index in [1.807, 2.05) is 25.1 Å². The summed E-state index contributed by atoms with van der Waals surface area (Å²) in [6.45, 7) is 4.78. The van der Waals surface area contributed by atoms with Crippen LogP contribution in [0.4, 0.5) is 0 Å². The van der Waals surface area contributed by atoms with E-state index in [0.717, 1.165) is 67.4 Å². The van der Waals surface area contributed by atoms with Crippen LogP contribution < -0.4 is 11.1 Å². The van der Waals surface area contributed by atoms with Gasteiger partial charge in [0, 0.05) is 19.3 Å². The summed E-state index contributed by atoms with van der Waals surface area (Å²) in [5.74, 6) is 1.02. The minimum Gasteiger partial charge on any atom is -0.346 e. The standard InChI is InChI=1S/C31H40N4O2/c1-3-21(2)31(35-30(37)12-6-4-5-9-17-32)28(36)19-22-13-16-26-27(18-22)34-29(33-26)20-24-15-14-23-10-7-8-11-25(23)24/h7-8,10-11,13,15-16,18,21,31H,3-6,9,12,14,17,19-20,32H2,1-2H3,(H,33,34)(H,35,37)/t21-,31+/m1/s1. The number of unbranched alkanes of at least 4 members (excludes halogenated alkanes) is 3. The van der Waals surface area contributed by atoms with E-state index in [1.54, 1.807) is 0 Å². The first kappa shape index (κ1) is 26.8. The molecule has 1 heterocycles. The van der Waals surface area contributed by atoms with Crippen molar-refractivity contribution in [2.24, 2.45) is 11.7 Å². The number of hydrogen-bond acceptors (Lipinski definition) is 4. The summed E-state index contributed by atoms with van der Waals surface area (Å²) in [6.07, 6.45) is 9.43. The maximum Gasteiger partial charge on any atom is 0.220 e. The molecule has 4 rings (SSSR count). The summed E-state index contributed by atoms with van der Waals surface area (Å²) in [5, 5.41) is 3.03. The summed E-state index contributed by atoms with van der Waals surface area (Å²) in [4.78, 5) is 34.1. The fraction of sp³-hybridized carbons (Fsp3) is 0.452. The number of benzene rings is 2. The molecule has 0 aliphatic heterocycles. The molecule has 1 aliphatic carbocycles. The molecule has 0 saturated carbocycles. The zero-order chi connectivity index (χ0) is 26.2. The average Bonchev–Trinajstić information content (AvgIpc) is 3.50. The van der Waals surface area contributed by atoms with Gasteiger partial charge in [-0.3, -0.25) is 9.59 Å². The normalized spacial score (nSPS) is 14.3. The largest absolute Gasteiger partial charge is 0.346 e. The molecule has 2 atom stereocenters. The van der Waals surface area contributed by atoms with Crippen molar-refractivity contribution in [3.05, 3.63) is 71.1 Å². The smallest absolute Gasteiger partial charge is 0.220 e. The van der Waals surface area contributed by atoms with Gasteiger partial charge in [-0.15, -0.1) is 0 Å². The second-order valence-corrected chi connectivity index (χ2v) is 10.3. The zero-order valence-electron chi connectivity index (χ0n) is 22.2.